The van der Waals surface area contributed by atoms with Crippen molar-refractivity contribution >= 4 is 72.3 Å². The first-order valence-corrected chi connectivity index (χ1v) is 11.1. The molecule has 2 atom stereocenters. The standard InChI is InChI=1S/C18H16I2Se/c19-17(13-11-15-7-3-1-4-8-15)21-18(20)14-12-16-9-5-2-6-10-16/h1-14,17-18H. The molecule has 0 saturated carbocycles. The number of hydrogen-bond donors (Lipinski definition) is 0. The van der Waals surface area contributed by atoms with Crippen LogP contribution in [0.3, 0.4) is 0 Å². The number of rotatable bonds is 6. The van der Waals surface area contributed by atoms with Crippen LogP contribution in [0.2, 0.25) is 0 Å². The van der Waals surface area contributed by atoms with E-state index in [0.717, 1.165) is 0 Å². The van der Waals surface area contributed by atoms with Crippen LogP contribution >= 0.6 is 45.2 Å². The summed E-state index contributed by atoms with van der Waals surface area (Å²) in [7, 11) is 0. The molecule has 0 bridgehead atoms. The van der Waals surface area contributed by atoms with Gasteiger partial charge in [-0.05, 0) is 0 Å². The van der Waals surface area contributed by atoms with E-state index in [1.54, 1.807) is 0 Å². The topological polar surface area (TPSA) is 0 Å². The van der Waals surface area contributed by atoms with Gasteiger partial charge in [-0.2, -0.15) is 0 Å². The molecule has 0 aromatic heterocycles. The number of allylic oxidation sites excluding steroid dienone is 2. The molecule has 2 aromatic carbocycles. The molecule has 0 amide bonds. The summed E-state index contributed by atoms with van der Waals surface area (Å²) in [6.07, 6.45) is 9.09. The Labute approximate surface area is 160 Å². The van der Waals surface area contributed by atoms with Crippen molar-refractivity contribution in [3.8, 4) is 0 Å². The Morgan fingerprint density at radius 1 is 0.667 bits per heavy atom. The molecule has 0 heterocycles. The van der Waals surface area contributed by atoms with Gasteiger partial charge in [0, 0.05) is 0 Å². The Bertz CT molecular complexity index is 525. The fourth-order valence-electron chi connectivity index (χ4n) is 1.72. The first-order valence-electron chi connectivity index (χ1n) is 6.64. The molecule has 0 N–H and O–H groups in total. The third-order valence-corrected chi connectivity index (χ3v) is 8.37. The van der Waals surface area contributed by atoms with Crippen LogP contribution in [0.15, 0.2) is 72.8 Å². The van der Waals surface area contributed by atoms with E-state index in [9.17, 15) is 0 Å². The summed E-state index contributed by atoms with van der Waals surface area (Å²) in [5.74, 6) is 0. The maximum absolute atomic E-state index is 2.54. The maximum atomic E-state index is 2.54. The number of hydrogen-bond acceptors (Lipinski definition) is 0. The first kappa shape index (κ1) is 17.3. The quantitative estimate of drug-likeness (QED) is 0.242. The molecule has 0 fully saturated rings. The monoisotopic (exact) mass is 566 g/mol. The van der Waals surface area contributed by atoms with Gasteiger partial charge in [0.15, 0.2) is 0 Å². The first-order chi connectivity index (χ1) is 10.2. The Morgan fingerprint density at radius 2 is 1.05 bits per heavy atom. The van der Waals surface area contributed by atoms with E-state index in [1.807, 2.05) is 0 Å². The molecule has 0 saturated heterocycles. The van der Waals surface area contributed by atoms with Crippen LogP contribution in [-0.2, 0) is 0 Å². The number of benzene rings is 2. The van der Waals surface area contributed by atoms with E-state index in [1.165, 1.54) is 11.1 Å². The molecule has 0 nitrogen and oxygen atoms in total. The van der Waals surface area contributed by atoms with Crippen LogP contribution in [0.5, 0.6) is 0 Å². The zero-order valence-electron chi connectivity index (χ0n) is 11.4. The Morgan fingerprint density at radius 3 is 1.43 bits per heavy atom. The van der Waals surface area contributed by atoms with E-state index < -0.39 is 0 Å². The zero-order valence-corrected chi connectivity index (χ0v) is 17.4. The molecule has 3 heteroatoms. The average Bonchev–Trinajstić information content (AvgIpc) is 2.53. The second-order valence-electron chi connectivity index (χ2n) is 4.38. The Kier molecular flexibility index (Phi) is 8.07. The number of alkyl halides is 2. The van der Waals surface area contributed by atoms with Crippen LogP contribution in [0.1, 0.15) is 11.1 Å². The second kappa shape index (κ2) is 9.82. The SMILES string of the molecule is IC(C=Cc1ccccc1)[Se]C(I)C=Cc1ccccc1. The summed E-state index contributed by atoms with van der Waals surface area (Å²) in [5, 5.41) is 0. The van der Waals surface area contributed by atoms with Gasteiger partial charge in [-0.1, -0.05) is 0 Å². The van der Waals surface area contributed by atoms with Crippen molar-refractivity contribution in [2.75, 3.05) is 0 Å². The summed E-state index contributed by atoms with van der Waals surface area (Å²) < 4.78 is 1.22. The molecule has 2 rings (SSSR count). The van der Waals surface area contributed by atoms with Gasteiger partial charge in [-0.3, -0.25) is 0 Å². The van der Waals surface area contributed by atoms with E-state index in [4.69, 9.17) is 0 Å². The van der Waals surface area contributed by atoms with Crippen molar-refractivity contribution < 1.29 is 0 Å². The summed E-state index contributed by atoms with van der Waals surface area (Å²) >= 11 is 5.63. The zero-order chi connectivity index (χ0) is 14.9. The minimum atomic E-state index is 0.553. The molecule has 0 radical (unpaired) electrons. The molecule has 2 unspecified atom stereocenters. The molecule has 0 aliphatic carbocycles. The van der Waals surface area contributed by atoms with Crippen molar-refractivity contribution in [1.29, 1.82) is 0 Å². The van der Waals surface area contributed by atoms with Gasteiger partial charge < -0.3 is 0 Å². The van der Waals surface area contributed by atoms with Crippen LogP contribution in [-0.4, -0.2) is 20.6 Å². The molecule has 108 valence electrons. The van der Waals surface area contributed by atoms with E-state index in [0.29, 0.717) is 20.6 Å². The van der Waals surface area contributed by atoms with Gasteiger partial charge in [0.2, 0.25) is 0 Å². The van der Waals surface area contributed by atoms with Gasteiger partial charge in [-0.15, -0.1) is 0 Å². The normalized spacial score (nSPS) is 14.6. The predicted octanol–water partition coefficient (Wildman–Crippen LogP) is 5.64. The van der Waals surface area contributed by atoms with E-state index in [-0.39, 0.29) is 0 Å². The summed E-state index contributed by atoms with van der Waals surface area (Å²) in [6, 6.07) is 21.0. The van der Waals surface area contributed by atoms with Gasteiger partial charge >= 0.3 is 162 Å². The van der Waals surface area contributed by atoms with Crippen molar-refractivity contribution in [3.05, 3.63) is 83.9 Å². The Balaban J connectivity index is 1.83. The third-order valence-electron chi connectivity index (χ3n) is 2.74. The van der Waals surface area contributed by atoms with Crippen LogP contribution < -0.4 is 0 Å². The fourth-order valence-corrected chi connectivity index (χ4v) is 9.57. The summed E-state index contributed by atoms with van der Waals surface area (Å²) in [6.45, 7) is 0. The van der Waals surface area contributed by atoms with Crippen molar-refractivity contribution in [2.24, 2.45) is 0 Å². The van der Waals surface area contributed by atoms with Crippen molar-refractivity contribution in [3.63, 3.8) is 0 Å². The van der Waals surface area contributed by atoms with Gasteiger partial charge in [0.25, 0.3) is 0 Å². The molecular weight excluding hydrogens is 549 g/mol. The van der Waals surface area contributed by atoms with Crippen molar-refractivity contribution in [2.45, 2.75) is 5.65 Å². The molecule has 21 heavy (non-hydrogen) atoms. The molecule has 0 aliphatic rings. The van der Waals surface area contributed by atoms with Gasteiger partial charge in [-0.25, -0.2) is 0 Å². The molecule has 2 aromatic rings. The molecule has 0 spiro atoms. The molecule has 0 aliphatic heterocycles. The second-order valence-corrected chi connectivity index (χ2v) is 13.6. The molecular formula is C18H16I2Se. The number of halogens is 2. The fraction of sp³-hybridized carbons (Fsp3) is 0.111. The van der Waals surface area contributed by atoms with Gasteiger partial charge in [0.05, 0.1) is 0 Å². The third kappa shape index (κ3) is 7.13. The predicted molar refractivity (Wildman–Crippen MR) is 112 cm³/mol. The average molecular weight is 565 g/mol. The van der Waals surface area contributed by atoms with Crippen LogP contribution in [0, 0.1) is 0 Å². The van der Waals surface area contributed by atoms with Gasteiger partial charge in [0.1, 0.15) is 0 Å². The van der Waals surface area contributed by atoms with Crippen molar-refractivity contribution in [1.82, 2.24) is 0 Å². The van der Waals surface area contributed by atoms with E-state index >= 15 is 0 Å². The summed E-state index contributed by atoms with van der Waals surface area (Å²) in [5.41, 5.74) is 2.56. The van der Waals surface area contributed by atoms with E-state index in [2.05, 4.69) is 130 Å². The van der Waals surface area contributed by atoms with Crippen LogP contribution in [0.25, 0.3) is 12.2 Å². The summed E-state index contributed by atoms with van der Waals surface area (Å²) in [4.78, 5) is 0. The minimum absolute atomic E-state index is 0.553. The van der Waals surface area contributed by atoms with Crippen LogP contribution in [0.4, 0.5) is 0 Å². The Hall–Kier alpha value is -0.101.